The summed E-state index contributed by atoms with van der Waals surface area (Å²) in [5.74, 6) is 1.83. The molecule has 0 bridgehead atoms. The number of aromatic nitrogens is 4. The highest BCUT2D eigenvalue weighted by atomic mass is 16.5. The predicted molar refractivity (Wildman–Crippen MR) is 78.8 cm³/mol. The van der Waals surface area contributed by atoms with Crippen LogP contribution in [-0.2, 0) is 20.1 Å². The van der Waals surface area contributed by atoms with E-state index in [2.05, 4.69) is 37.8 Å². The van der Waals surface area contributed by atoms with Crippen LogP contribution in [0.5, 0.6) is 0 Å². The first kappa shape index (κ1) is 15.0. The molecular formula is C13H21N7O. The zero-order chi connectivity index (χ0) is 15.4. The van der Waals surface area contributed by atoms with Crippen LogP contribution in [0, 0.1) is 20.8 Å². The SMILES string of the molecule is CN=C(NCc1nc(C)no1)NCc1c(C)nn(C)c1C. The number of hydrogen-bond acceptors (Lipinski definition) is 5. The number of guanidine groups is 1. The van der Waals surface area contributed by atoms with Crippen LogP contribution >= 0.6 is 0 Å². The molecule has 0 aliphatic heterocycles. The number of hydrogen-bond donors (Lipinski definition) is 2. The van der Waals surface area contributed by atoms with E-state index in [4.69, 9.17) is 4.52 Å². The van der Waals surface area contributed by atoms with Crippen molar-refractivity contribution in [2.45, 2.75) is 33.9 Å². The minimum absolute atomic E-state index is 0.436. The Morgan fingerprint density at radius 2 is 1.95 bits per heavy atom. The molecule has 8 nitrogen and oxygen atoms in total. The zero-order valence-corrected chi connectivity index (χ0v) is 13.1. The molecule has 114 valence electrons. The van der Waals surface area contributed by atoms with E-state index in [1.165, 1.54) is 5.56 Å². The highest BCUT2D eigenvalue weighted by molar-refractivity contribution is 5.79. The summed E-state index contributed by atoms with van der Waals surface area (Å²) in [6, 6.07) is 0. The Bertz CT molecular complexity index is 641. The summed E-state index contributed by atoms with van der Waals surface area (Å²) < 4.78 is 6.92. The van der Waals surface area contributed by atoms with Crippen molar-refractivity contribution >= 4 is 5.96 Å². The summed E-state index contributed by atoms with van der Waals surface area (Å²) in [5.41, 5.74) is 3.34. The summed E-state index contributed by atoms with van der Waals surface area (Å²) in [5, 5.41) is 14.5. The van der Waals surface area contributed by atoms with Crippen molar-refractivity contribution in [2.75, 3.05) is 7.05 Å². The van der Waals surface area contributed by atoms with E-state index in [1.54, 1.807) is 14.0 Å². The van der Waals surface area contributed by atoms with Gasteiger partial charge in [0.25, 0.3) is 0 Å². The number of aryl methyl sites for hydroxylation is 3. The van der Waals surface area contributed by atoms with Gasteiger partial charge in [0.15, 0.2) is 11.8 Å². The molecule has 0 radical (unpaired) electrons. The van der Waals surface area contributed by atoms with E-state index in [0.717, 1.165) is 11.4 Å². The van der Waals surface area contributed by atoms with Gasteiger partial charge in [0.2, 0.25) is 5.89 Å². The molecular weight excluding hydrogens is 270 g/mol. The standard InChI is InChI=1S/C13H21N7O/c1-8-11(9(2)20(5)18-8)6-15-13(14-4)16-7-12-17-10(3)19-21-12/h6-7H2,1-5H3,(H2,14,15,16). The van der Waals surface area contributed by atoms with Gasteiger partial charge in [0, 0.05) is 31.9 Å². The summed E-state index contributed by atoms with van der Waals surface area (Å²) in [4.78, 5) is 8.30. The van der Waals surface area contributed by atoms with Crippen molar-refractivity contribution in [2.24, 2.45) is 12.0 Å². The fourth-order valence-electron chi connectivity index (χ4n) is 2.04. The summed E-state index contributed by atoms with van der Waals surface area (Å²) in [7, 11) is 3.66. The normalized spacial score (nSPS) is 11.8. The van der Waals surface area contributed by atoms with Crippen LogP contribution < -0.4 is 10.6 Å². The molecule has 0 saturated carbocycles. The van der Waals surface area contributed by atoms with Crippen LogP contribution in [0.3, 0.4) is 0 Å². The summed E-state index contributed by atoms with van der Waals surface area (Å²) in [6.45, 7) is 6.93. The Balaban J connectivity index is 1.91. The lowest BCUT2D eigenvalue weighted by atomic mass is 10.2. The first-order chi connectivity index (χ1) is 10.0. The van der Waals surface area contributed by atoms with Crippen LogP contribution in [0.25, 0.3) is 0 Å². The molecule has 0 spiro atoms. The van der Waals surface area contributed by atoms with Crippen LogP contribution in [0.4, 0.5) is 0 Å². The van der Waals surface area contributed by atoms with E-state index in [-0.39, 0.29) is 0 Å². The molecule has 0 fully saturated rings. The summed E-state index contributed by atoms with van der Waals surface area (Å²) in [6.07, 6.45) is 0. The molecule has 2 heterocycles. The lowest BCUT2D eigenvalue weighted by Gasteiger charge is -2.10. The first-order valence-electron chi connectivity index (χ1n) is 6.74. The molecule has 0 aliphatic carbocycles. The molecule has 0 atom stereocenters. The molecule has 0 amide bonds. The van der Waals surface area contributed by atoms with Gasteiger partial charge in [-0.1, -0.05) is 5.16 Å². The molecule has 2 aromatic heterocycles. The van der Waals surface area contributed by atoms with Gasteiger partial charge < -0.3 is 15.2 Å². The minimum Gasteiger partial charge on any atom is -0.352 e. The minimum atomic E-state index is 0.436. The maximum atomic E-state index is 5.04. The Labute approximate surface area is 123 Å². The third-order valence-corrected chi connectivity index (χ3v) is 3.29. The summed E-state index contributed by atoms with van der Waals surface area (Å²) >= 11 is 0. The Hall–Kier alpha value is -2.38. The molecule has 2 rings (SSSR count). The van der Waals surface area contributed by atoms with Crippen LogP contribution in [-0.4, -0.2) is 32.9 Å². The van der Waals surface area contributed by atoms with Gasteiger partial charge in [-0.3, -0.25) is 9.67 Å². The van der Waals surface area contributed by atoms with Gasteiger partial charge in [-0.15, -0.1) is 0 Å². The average Bonchev–Trinajstić information content (AvgIpc) is 2.96. The van der Waals surface area contributed by atoms with Crippen LogP contribution in [0.2, 0.25) is 0 Å². The zero-order valence-electron chi connectivity index (χ0n) is 13.1. The number of nitrogens with zero attached hydrogens (tertiary/aromatic N) is 5. The topological polar surface area (TPSA) is 93.2 Å². The quantitative estimate of drug-likeness (QED) is 0.633. The second kappa shape index (κ2) is 6.38. The van der Waals surface area contributed by atoms with Crippen molar-refractivity contribution in [1.82, 2.24) is 30.6 Å². The lowest BCUT2D eigenvalue weighted by molar-refractivity contribution is 0.371. The molecule has 8 heteroatoms. The number of nitrogens with one attached hydrogen (secondary N) is 2. The van der Waals surface area contributed by atoms with Crippen molar-refractivity contribution in [1.29, 1.82) is 0 Å². The molecule has 0 unspecified atom stereocenters. The Morgan fingerprint density at radius 3 is 2.48 bits per heavy atom. The Morgan fingerprint density at radius 1 is 1.24 bits per heavy atom. The van der Waals surface area contributed by atoms with Crippen molar-refractivity contribution < 1.29 is 4.52 Å². The Kier molecular flexibility index (Phi) is 4.56. The fraction of sp³-hybridized carbons (Fsp3) is 0.538. The predicted octanol–water partition coefficient (Wildman–Crippen LogP) is 0.594. The molecule has 2 N–H and O–H groups in total. The largest absolute Gasteiger partial charge is 0.352 e. The van der Waals surface area contributed by atoms with E-state index in [1.807, 2.05) is 18.7 Å². The number of aliphatic imine (C=N–C) groups is 1. The molecule has 21 heavy (non-hydrogen) atoms. The van der Waals surface area contributed by atoms with Crippen LogP contribution in [0.15, 0.2) is 9.52 Å². The average molecular weight is 291 g/mol. The van der Waals surface area contributed by atoms with Crippen molar-refractivity contribution in [3.05, 3.63) is 28.7 Å². The molecule has 2 aromatic rings. The van der Waals surface area contributed by atoms with Gasteiger partial charge in [0.05, 0.1) is 12.2 Å². The van der Waals surface area contributed by atoms with E-state index in [9.17, 15) is 0 Å². The van der Waals surface area contributed by atoms with E-state index < -0.39 is 0 Å². The fourth-order valence-corrected chi connectivity index (χ4v) is 2.04. The van der Waals surface area contributed by atoms with Crippen molar-refractivity contribution in [3.63, 3.8) is 0 Å². The van der Waals surface area contributed by atoms with Gasteiger partial charge in [-0.25, -0.2) is 0 Å². The monoisotopic (exact) mass is 291 g/mol. The maximum Gasteiger partial charge on any atom is 0.246 e. The first-order valence-corrected chi connectivity index (χ1v) is 6.74. The van der Waals surface area contributed by atoms with Gasteiger partial charge in [-0.05, 0) is 20.8 Å². The molecule has 0 aromatic carbocycles. The van der Waals surface area contributed by atoms with Crippen LogP contribution in [0.1, 0.15) is 28.7 Å². The second-order valence-electron chi connectivity index (χ2n) is 4.79. The highest BCUT2D eigenvalue weighted by Gasteiger charge is 2.10. The van der Waals surface area contributed by atoms with Crippen molar-refractivity contribution in [3.8, 4) is 0 Å². The van der Waals surface area contributed by atoms with Gasteiger partial charge in [0.1, 0.15) is 0 Å². The maximum absolute atomic E-state index is 5.04. The second-order valence-corrected chi connectivity index (χ2v) is 4.79. The molecule has 0 saturated heterocycles. The van der Waals surface area contributed by atoms with E-state index in [0.29, 0.717) is 30.8 Å². The molecule has 0 aliphatic rings. The van der Waals surface area contributed by atoms with Gasteiger partial charge in [-0.2, -0.15) is 10.1 Å². The van der Waals surface area contributed by atoms with E-state index >= 15 is 0 Å². The number of rotatable bonds is 4. The van der Waals surface area contributed by atoms with Gasteiger partial charge >= 0.3 is 0 Å². The smallest absolute Gasteiger partial charge is 0.246 e. The lowest BCUT2D eigenvalue weighted by Crippen LogP contribution is -2.36. The highest BCUT2D eigenvalue weighted by Crippen LogP contribution is 2.10. The third-order valence-electron chi connectivity index (χ3n) is 3.29. The third kappa shape index (κ3) is 3.59.